The summed E-state index contributed by atoms with van der Waals surface area (Å²) in [5.41, 5.74) is 2.58. The molecule has 0 aromatic heterocycles. The molecule has 0 heterocycles. The van der Waals surface area contributed by atoms with Crippen molar-refractivity contribution in [2.45, 2.75) is 58.5 Å². The lowest BCUT2D eigenvalue weighted by atomic mass is 9.87. The van der Waals surface area contributed by atoms with Gasteiger partial charge in [0, 0.05) is 6.54 Å². The molecule has 1 amide bonds. The Kier molecular flexibility index (Phi) is 7.91. The van der Waals surface area contributed by atoms with Crippen molar-refractivity contribution in [3.8, 4) is 11.5 Å². The van der Waals surface area contributed by atoms with Crippen molar-refractivity contribution in [3.05, 3.63) is 59.7 Å². The first-order valence-electron chi connectivity index (χ1n) is 10.0. The van der Waals surface area contributed by atoms with Crippen LogP contribution in [0.1, 0.15) is 51.7 Å². The summed E-state index contributed by atoms with van der Waals surface area (Å²) >= 11 is 0. The van der Waals surface area contributed by atoms with Gasteiger partial charge in [-0.15, -0.1) is 0 Å². The van der Waals surface area contributed by atoms with Gasteiger partial charge in [0.15, 0.2) is 6.10 Å². The van der Waals surface area contributed by atoms with Gasteiger partial charge in [0.2, 0.25) is 0 Å². The zero-order chi connectivity index (χ0) is 20.6. The van der Waals surface area contributed by atoms with Gasteiger partial charge in [0.25, 0.3) is 5.91 Å². The molecule has 4 nitrogen and oxygen atoms in total. The Hall–Kier alpha value is -2.49. The Morgan fingerprint density at radius 2 is 1.61 bits per heavy atom. The summed E-state index contributed by atoms with van der Waals surface area (Å²) < 4.78 is 11.1. The van der Waals surface area contributed by atoms with E-state index in [4.69, 9.17) is 9.47 Å². The Labute approximate surface area is 169 Å². The highest BCUT2D eigenvalue weighted by Gasteiger charge is 2.18. The van der Waals surface area contributed by atoms with Gasteiger partial charge in [-0.2, -0.15) is 0 Å². The van der Waals surface area contributed by atoms with Gasteiger partial charge in [-0.3, -0.25) is 4.79 Å². The van der Waals surface area contributed by atoms with Crippen molar-refractivity contribution in [1.82, 2.24) is 5.32 Å². The van der Waals surface area contributed by atoms with Crippen LogP contribution in [-0.4, -0.2) is 25.7 Å². The van der Waals surface area contributed by atoms with Crippen LogP contribution < -0.4 is 14.8 Å². The van der Waals surface area contributed by atoms with E-state index in [1.54, 1.807) is 7.11 Å². The van der Waals surface area contributed by atoms with E-state index in [0.29, 0.717) is 13.0 Å². The Balaban J connectivity index is 1.79. The molecule has 0 aliphatic rings. The van der Waals surface area contributed by atoms with Crippen LogP contribution >= 0.6 is 0 Å². The molecule has 152 valence electrons. The summed E-state index contributed by atoms with van der Waals surface area (Å²) in [6.07, 6.45) is 1.96. The highest BCUT2D eigenvalue weighted by atomic mass is 16.5. The molecule has 1 unspecified atom stereocenters. The fourth-order valence-corrected chi connectivity index (χ4v) is 2.93. The molecule has 2 rings (SSSR count). The molecule has 28 heavy (non-hydrogen) atoms. The number of hydrogen-bond donors (Lipinski definition) is 1. The molecular weight excluding hydrogens is 350 g/mol. The van der Waals surface area contributed by atoms with Crippen LogP contribution in [0.2, 0.25) is 0 Å². The van der Waals surface area contributed by atoms with Crippen LogP contribution in [0.4, 0.5) is 0 Å². The Bertz CT molecular complexity index is 730. The Morgan fingerprint density at radius 3 is 2.14 bits per heavy atom. The molecule has 0 fully saturated rings. The molecule has 0 aliphatic carbocycles. The summed E-state index contributed by atoms with van der Waals surface area (Å²) in [6, 6.07) is 16.0. The molecule has 1 atom stereocenters. The first-order valence-corrected chi connectivity index (χ1v) is 10.0. The number of rotatable bonds is 9. The first kappa shape index (κ1) is 21.8. The monoisotopic (exact) mass is 383 g/mol. The molecular formula is C24H33NO3. The number of methoxy groups -OCH3 is 1. The zero-order valence-corrected chi connectivity index (χ0v) is 17.7. The maximum atomic E-state index is 12.4. The lowest BCUT2D eigenvalue weighted by Gasteiger charge is -2.21. The van der Waals surface area contributed by atoms with E-state index in [9.17, 15) is 4.79 Å². The van der Waals surface area contributed by atoms with Gasteiger partial charge in [-0.25, -0.2) is 0 Å². The molecule has 4 heteroatoms. The number of ether oxygens (including phenoxy) is 2. The maximum Gasteiger partial charge on any atom is 0.261 e. The minimum atomic E-state index is -0.471. The van der Waals surface area contributed by atoms with Crippen molar-refractivity contribution in [2.75, 3.05) is 13.7 Å². The molecule has 0 saturated carbocycles. The maximum absolute atomic E-state index is 12.4. The number of aryl methyl sites for hydroxylation is 1. The van der Waals surface area contributed by atoms with Crippen molar-refractivity contribution in [2.24, 2.45) is 0 Å². The van der Waals surface area contributed by atoms with Crippen LogP contribution in [0.15, 0.2) is 48.5 Å². The molecule has 0 aliphatic heterocycles. The number of benzene rings is 2. The van der Waals surface area contributed by atoms with E-state index in [1.165, 1.54) is 11.1 Å². The highest BCUT2D eigenvalue weighted by molar-refractivity contribution is 5.81. The summed E-state index contributed by atoms with van der Waals surface area (Å²) in [4.78, 5) is 12.4. The van der Waals surface area contributed by atoms with Crippen LogP contribution in [0.5, 0.6) is 11.5 Å². The predicted octanol–water partition coefficient (Wildman–Crippen LogP) is 4.90. The van der Waals surface area contributed by atoms with Crippen molar-refractivity contribution in [3.63, 3.8) is 0 Å². The fraction of sp³-hybridized carbons (Fsp3) is 0.458. The van der Waals surface area contributed by atoms with Crippen LogP contribution in [0.3, 0.4) is 0 Å². The number of carbonyl (C=O) groups excluding carboxylic acids is 1. The molecule has 2 aromatic carbocycles. The van der Waals surface area contributed by atoms with Gasteiger partial charge < -0.3 is 14.8 Å². The number of amides is 1. The number of nitrogens with one attached hydrogen (secondary N) is 1. The smallest absolute Gasteiger partial charge is 0.261 e. The van der Waals surface area contributed by atoms with E-state index in [1.807, 2.05) is 31.2 Å². The second kappa shape index (κ2) is 10.2. The second-order valence-corrected chi connectivity index (χ2v) is 8.03. The second-order valence-electron chi connectivity index (χ2n) is 8.03. The SMILES string of the molecule is CCC(Oc1ccc(C(C)(C)C)cc1)C(=O)NCCCc1ccc(OC)cc1. The molecule has 0 saturated heterocycles. The van der Waals surface area contributed by atoms with Crippen LogP contribution in [0.25, 0.3) is 0 Å². The van der Waals surface area contributed by atoms with E-state index < -0.39 is 6.10 Å². The standard InChI is InChI=1S/C24H33NO3/c1-6-22(28-21-15-11-19(12-16-21)24(2,3)4)23(26)25-17-7-8-18-9-13-20(27-5)14-10-18/h9-16,22H,6-8,17H2,1-5H3,(H,25,26). The summed E-state index contributed by atoms with van der Waals surface area (Å²) in [5, 5.41) is 2.99. The number of carbonyl (C=O) groups is 1. The zero-order valence-electron chi connectivity index (χ0n) is 17.7. The van der Waals surface area contributed by atoms with E-state index in [-0.39, 0.29) is 11.3 Å². The summed E-state index contributed by atoms with van der Waals surface area (Å²) in [7, 11) is 1.66. The molecule has 0 spiro atoms. The normalized spacial score (nSPS) is 12.3. The molecule has 0 radical (unpaired) electrons. The first-order chi connectivity index (χ1) is 13.3. The van der Waals surface area contributed by atoms with Gasteiger partial charge in [-0.05, 0) is 60.1 Å². The van der Waals surface area contributed by atoms with E-state index >= 15 is 0 Å². The largest absolute Gasteiger partial charge is 0.497 e. The lowest BCUT2D eigenvalue weighted by Crippen LogP contribution is -2.38. The molecule has 2 aromatic rings. The van der Waals surface area contributed by atoms with Crippen molar-refractivity contribution < 1.29 is 14.3 Å². The topological polar surface area (TPSA) is 47.6 Å². The van der Waals surface area contributed by atoms with E-state index in [0.717, 1.165) is 24.3 Å². The summed E-state index contributed by atoms with van der Waals surface area (Å²) in [6.45, 7) is 9.13. The van der Waals surface area contributed by atoms with Crippen LogP contribution in [-0.2, 0) is 16.6 Å². The van der Waals surface area contributed by atoms with Crippen LogP contribution in [0, 0.1) is 0 Å². The predicted molar refractivity (Wildman–Crippen MR) is 114 cm³/mol. The third-order valence-electron chi connectivity index (χ3n) is 4.76. The fourth-order valence-electron chi connectivity index (χ4n) is 2.93. The number of hydrogen-bond acceptors (Lipinski definition) is 3. The molecule has 0 bridgehead atoms. The van der Waals surface area contributed by atoms with Gasteiger partial charge in [0.1, 0.15) is 11.5 Å². The van der Waals surface area contributed by atoms with Crippen molar-refractivity contribution >= 4 is 5.91 Å². The third-order valence-corrected chi connectivity index (χ3v) is 4.76. The van der Waals surface area contributed by atoms with E-state index in [2.05, 4.69) is 50.4 Å². The van der Waals surface area contributed by atoms with Crippen molar-refractivity contribution in [1.29, 1.82) is 0 Å². The minimum absolute atomic E-state index is 0.0582. The average Bonchev–Trinajstić information content (AvgIpc) is 2.69. The summed E-state index contributed by atoms with van der Waals surface area (Å²) in [5.74, 6) is 1.53. The lowest BCUT2D eigenvalue weighted by molar-refractivity contribution is -0.128. The highest BCUT2D eigenvalue weighted by Crippen LogP contribution is 2.25. The third kappa shape index (κ3) is 6.59. The van der Waals surface area contributed by atoms with Gasteiger partial charge in [0.05, 0.1) is 7.11 Å². The average molecular weight is 384 g/mol. The Morgan fingerprint density at radius 1 is 1.00 bits per heavy atom. The molecule has 1 N–H and O–H groups in total. The van der Waals surface area contributed by atoms with Gasteiger partial charge >= 0.3 is 0 Å². The minimum Gasteiger partial charge on any atom is -0.497 e. The van der Waals surface area contributed by atoms with Gasteiger partial charge in [-0.1, -0.05) is 52.0 Å². The quantitative estimate of drug-likeness (QED) is 0.627.